The first kappa shape index (κ1) is 22.0. The van der Waals surface area contributed by atoms with Gasteiger partial charge >= 0.3 is 12.3 Å². The van der Waals surface area contributed by atoms with Crippen molar-refractivity contribution in [2.75, 3.05) is 6.61 Å². The lowest BCUT2D eigenvalue weighted by atomic mass is 10.1. The predicted octanol–water partition coefficient (Wildman–Crippen LogP) is 3.78. The second-order valence-corrected chi connectivity index (χ2v) is 5.80. The van der Waals surface area contributed by atoms with Gasteiger partial charge in [-0.3, -0.25) is 14.9 Å². The van der Waals surface area contributed by atoms with Crippen LogP contribution in [0.2, 0.25) is 0 Å². The molecular formula is C18H15F4N3O4. The number of hydrogen-bond acceptors (Lipinski definition) is 5. The minimum Gasteiger partial charge on any atom is -0.370 e. The highest BCUT2D eigenvalue weighted by atomic mass is 19.3. The van der Waals surface area contributed by atoms with E-state index in [2.05, 4.69) is 15.3 Å². The average Bonchev–Trinajstić information content (AvgIpc) is 2.68. The molecule has 0 aromatic heterocycles. The summed E-state index contributed by atoms with van der Waals surface area (Å²) in [7, 11) is 0. The zero-order chi connectivity index (χ0) is 21.4. The molecule has 0 radical (unpaired) electrons. The largest absolute Gasteiger partial charge is 0.370 e. The summed E-state index contributed by atoms with van der Waals surface area (Å²) in [6, 6.07) is 11.1. The van der Waals surface area contributed by atoms with Gasteiger partial charge in [-0.25, -0.2) is 14.2 Å². The Bertz CT molecular complexity index is 872. The first-order chi connectivity index (χ1) is 13.7. The lowest BCUT2D eigenvalue weighted by Crippen LogP contribution is -2.32. The van der Waals surface area contributed by atoms with Crippen LogP contribution < -0.4 is 5.43 Å². The number of rotatable bonds is 9. The summed E-state index contributed by atoms with van der Waals surface area (Å²) < 4.78 is 54.1. The van der Waals surface area contributed by atoms with Crippen LogP contribution in [0.1, 0.15) is 21.5 Å². The van der Waals surface area contributed by atoms with Crippen LogP contribution in [0.15, 0.2) is 53.6 Å². The molecule has 2 rings (SSSR count). The Labute approximate surface area is 162 Å². The molecule has 0 bridgehead atoms. The maximum atomic E-state index is 12.7. The molecule has 0 heterocycles. The third-order valence-corrected chi connectivity index (χ3v) is 3.58. The maximum Gasteiger partial charge on any atom is 0.330 e. The Balaban J connectivity index is 1.84. The van der Waals surface area contributed by atoms with Gasteiger partial charge in [0.1, 0.15) is 6.61 Å². The number of hydrogen-bond donors (Lipinski definition) is 1. The van der Waals surface area contributed by atoms with Crippen LogP contribution in [0.4, 0.5) is 23.2 Å². The number of non-ortho nitro benzene ring substituents is 1. The molecule has 154 valence electrons. The number of amides is 1. The summed E-state index contributed by atoms with van der Waals surface area (Å²) in [5.74, 6) is -4.78. The SMILES string of the molecule is O=C(N/N=C\c1ccc([N+](=O)[O-])cc1)c1ccc(COCC(F)(F)C(F)F)cc1. The molecule has 2 aromatic rings. The number of hydrazone groups is 1. The van der Waals surface area contributed by atoms with E-state index in [1.807, 2.05) is 0 Å². The molecule has 1 amide bonds. The highest BCUT2D eigenvalue weighted by Gasteiger charge is 2.40. The van der Waals surface area contributed by atoms with Crippen molar-refractivity contribution in [3.63, 3.8) is 0 Å². The van der Waals surface area contributed by atoms with Gasteiger partial charge in [0.05, 0.1) is 17.7 Å². The number of nitro groups is 1. The van der Waals surface area contributed by atoms with Gasteiger partial charge in [0.2, 0.25) is 0 Å². The number of carbonyl (C=O) groups is 1. The molecule has 29 heavy (non-hydrogen) atoms. The van der Waals surface area contributed by atoms with Crippen molar-refractivity contribution in [3.8, 4) is 0 Å². The average molecular weight is 413 g/mol. The molecule has 0 saturated heterocycles. The number of benzene rings is 2. The number of ether oxygens (including phenoxy) is 1. The smallest absolute Gasteiger partial charge is 0.330 e. The molecule has 0 atom stereocenters. The maximum absolute atomic E-state index is 12.7. The van der Waals surface area contributed by atoms with Gasteiger partial charge in [0, 0.05) is 17.7 Å². The van der Waals surface area contributed by atoms with E-state index in [0.717, 1.165) is 0 Å². The highest BCUT2D eigenvalue weighted by Crippen LogP contribution is 2.23. The van der Waals surface area contributed by atoms with Gasteiger partial charge < -0.3 is 4.74 Å². The third kappa shape index (κ3) is 6.64. The fourth-order valence-corrected chi connectivity index (χ4v) is 2.03. The zero-order valence-electron chi connectivity index (χ0n) is 14.7. The molecule has 0 fully saturated rings. The van der Waals surface area contributed by atoms with Crippen LogP contribution in [0, 0.1) is 10.1 Å². The Morgan fingerprint density at radius 2 is 1.79 bits per heavy atom. The standard InChI is InChI=1S/C18H15F4N3O4/c19-17(20)18(21,22)11-29-10-13-1-5-14(6-2-13)16(26)24-23-9-12-3-7-15(8-4-12)25(27)28/h1-9,17H,10-11H2,(H,24,26)/b23-9-. The molecule has 0 aliphatic rings. The molecule has 0 unspecified atom stereocenters. The first-order valence-electron chi connectivity index (χ1n) is 8.09. The summed E-state index contributed by atoms with van der Waals surface area (Å²) in [6.07, 6.45) is -2.51. The predicted molar refractivity (Wildman–Crippen MR) is 95.2 cm³/mol. The molecule has 2 aromatic carbocycles. The Kier molecular flexibility index (Phi) is 7.37. The van der Waals surface area contributed by atoms with Crippen molar-refractivity contribution in [2.45, 2.75) is 19.0 Å². The topological polar surface area (TPSA) is 93.8 Å². The van der Waals surface area contributed by atoms with E-state index in [-0.39, 0.29) is 17.9 Å². The van der Waals surface area contributed by atoms with Gasteiger partial charge in [0.15, 0.2) is 0 Å². The fraction of sp³-hybridized carbons (Fsp3) is 0.222. The number of nitrogens with zero attached hydrogens (tertiary/aromatic N) is 2. The van der Waals surface area contributed by atoms with Crippen molar-refractivity contribution in [1.29, 1.82) is 0 Å². The van der Waals surface area contributed by atoms with E-state index in [9.17, 15) is 32.5 Å². The molecule has 1 N–H and O–H groups in total. The Hall–Kier alpha value is -3.34. The van der Waals surface area contributed by atoms with E-state index < -0.39 is 29.8 Å². The molecule has 0 spiro atoms. The molecule has 0 aliphatic heterocycles. The summed E-state index contributed by atoms with van der Waals surface area (Å²) >= 11 is 0. The van der Waals surface area contributed by atoms with Crippen LogP contribution in [0.3, 0.4) is 0 Å². The first-order valence-corrected chi connectivity index (χ1v) is 8.09. The summed E-state index contributed by atoms with van der Waals surface area (Å²) in [4.78, 5) is 22.0. The lowest BCUT2D eigenvalue weighted by molar-refractivity contribution is -0.384. The van der Waals surface area contributed by atoms with Crippen LogP contribution in [0.25, 0.3) is 0 Å². The van der Waals surface area contributed by atoms with Crippen molar-refractivity contribution in [2.24, 2.45) is 5.10 Å². The van der Waals surface area contributed by atoms with E-state index in [4.69, 9.17) is 0 Å². The molecular weight excluding hydrogens is 398 g/mol. The van der Waals surface area contributed by atoms with Crippen molar-refractivity contribution in [3.05, 3.63) is 75.3 Å². The second-order valence-electron chi connectivity index (χ2n) is 5.80. The van der Waals surface area contributed by atoms with Crippen molar-refractivity contribution < 1.29 is 32.0 Å². The third-order valence-electron chi connectivity index (χ3n) is 3.58. The normalized spacial score (nSPS) is 11.8. The monoisotopic (exact) mass is 413 g/mol. The molecule has 7 nitrogen and oxygen atoms in total. The molecule has 11 heteroatoms. The molecule has 0 saturated carbocycles. The van der Waals surface area contributed by atoms with E-state index in [0.29, 0.717) is 11.1 Å². The second kappa shape index (κ2) is 9.73. The Morgan fingerprint density at radius 3 is 2.34 bits per heavy atom. The number of carbonyl (C=O) groups excluding carboxylic acids is 1. The van der Waals surface area contributed by atoms with Crippen LogP contribution in [-0.4, -0.2) is 36.0 Å². The molecule has 0 aliphatic carbocycles. The minimum atomic E-state index is -4.22. The van der Waals surface area contributed by atoms with Gasteiger partial charge in [-0.15, -0.1) is 0 Å². The number of alkyl halides is 4. The van der Waals surface area contributed by atoms with Crippen LogP contribution in [0.5, 0.6) is 0 Å². The van der Waals surface area contributed by atoms with Crippen LogP contribution >= 0.6 is 0 Å². The number of nitrogens with one attached hydrogen (secondary N) is 1. The van der Waals surface area contributed by atoms with Crippen molar-refractivity contribution >= 4 is 17.8 Å². The zero-order valence-corrected chi connectivity index (χ0v) is 14.7. The van der Waals surface area contributed by atoms with Gasteiger partial charge in [0.25, 0.3) is 11.6 Å². The quantitative estimate of drug-likeness (QED) is 0.293. The summed E-state index contributed by atoms with van der Waals surface area (Å²) in [5.41, 5.74) is 3.35. The van der Waals surface area contributed by atoms with E-state index >= 15 is 0 Å². The van der Waals surface area contributed by atoms with Crippen molar-refractivity contribution in [1.82, 2.24) is 5.43 Å². The number of halogens is 4. The minimum absolute atomic E-state index is 0.0758. The summed E-state index contributed by atoms with van der Waals surface area (Å²) in [6.45, 7) is -1.73. The van der Waals surface area contributed by atoms with Gasteiger partial charge in [-0.2, -0.15) is 13.9 Å². The number of nitro benzene ring substituents is 1. The van der Waals surface area contributed by atoms with Gasteiger partial charge in [-0.1, -0.05) is 12.1 Å². The Morgan fingerprint density at radius 1 is 1.17 bits per heavy atom. The van der Waals surface area contributed by atoms with Crippen LogP contribution in [-0.2, 0) is 11.3 Å². The fourth-order valence-electron chi connectivity index (χ4n) is 2.03. The van der Waals surface area contributed by atoms with E-state index in [1.165, 1.54) is 54.7 Å². The highest BCUT2D eigenvalue weighted by molar-refractivity contribution is 5.94. The van der Waals surface area contributed by atoms with E-state index in [1.54, 1.807) is 0 Å². The van der Waals surface area contributed by atoms with Gasteiger partial charge in [-0.05, 0) is 35.4 Å². The summed E-state index contributed by atoms with van der Waals surface area (Å²) in [5, 5.41) is 14.3. The lowest BCUT2D eigenvalue weighted by Gasteiger charge is -2.15.